The van der Waals surface area contributed by atoms with E-state index in [1.807, 2.05) is 5.38 Å². The molecule has 1 rings (SSSR count). The molecule has 0 aliphatic rings. The highest BCUT2D eigenvalue weighted by Gasteiger charge is 2.32. The quantitative estimate of drug-likeness (QED) is 0.310. The van der Waals surface area contributed by atoms with Crippen molar-refractivity contribution < 1.29 is 10.0 Å². The molecule has 6 nitrogen and oxygen atoms in total. The Kier molecular flexibility index (Phi) is 4.45. The first-order valence-electron chi connectivity index (χ1n) is 5.12. The molecule has 7 heteroatoms. The molecule has 1 amide bonds. The number of thiazole rings is 1. The molecule has 0 aliphatic carbocycles. The minimum absolute atomic E-state index is 0.108. The van der Waals surface area contributed by atoms with Crippen molar-refractivity contribution in [3.05, 3.63) is 16.6 Å². The van der Waals surface area contributed by atoms with Crippen LogP contribution in [0.25, 0.3) is 0 Å². The second kappa shape index (κ2) is 5.62. The number of hydrogen-bond acceptors (Lipinski definition) is 5. The van der Waals surface area contributed by atoms with Gasteiger partial charge in [-0.15, -0.1) is 11.3 Å². The largest absolute Gasteiger partial charge is 0.409 e. The first-order valence-corrected chi connectivity index (χ1v) is 6.06. The van der Waals surface area contributed by atoms with Crippen LogP contribution in [0.1, 0.15) is 19.5 Å². The van der Waals surface area contributed by atoms with Crippen molar-refractivity contribution in [2.45, 2.75) is 20.3 Å². The summed E-state index contributed by atoms with van der Waals surface area (Å²) in [4.78, 5) is 15.9. The van der Waals surface area contributed by atoms with E-state index in [-0.39, 0.29) is 11.7 Å². The lowest BCUT2D eigenvalue weighted by Crippen LogP contribution is -2.46. The molecule has 0 aromatic carbocycles. The fraction of sp³-hybridized carbons (Fsp3) is 0.500. The summed E-state index contributed by atoms with van der Waals surface area (Å²) in [5.41, 5.74) is 7.12. The zero-order valence-electron chi connectivity index (χ0n) is 9.80. The number of carbonyl (C=O) groups is 1. The number of aromatic nitrogens is 1. The topological polar surface area (TPSA) is 101 Å². The molecule has 0 saturated carbocycles. The Bertz CT molecular complexity index is 400. The maximum Gasteiger partial charge on any atom is 0.233 e. The number of nitrogens with zero attached hydrogens (tertiary/aromatic N) is 2. The summed E-state index contributed by atoms with van der Waals surface area (Å²) in [6.07, 6.45) is 0.668. The van der Waals surface area contributed by atoms with Crippen molar-refractivity contribution in [3.63, 3.8) is 0 Å². The number of nitrogens with two attached hydrogens (primary N) is 1. The van der Waals surface area contributed by atoms with Crippen LogP contribution in [-0.2, 0) is 11.2 Å². The van der Waals surface area contributed by atoms with Crippen LogP contribution >= 0.6 is 11.3 Å². The third-order valence-corrected chi connectivity index (χ3v) is 3.10. The van der Waals surface area contributed by atoms with Crippen LogP contribution in [0.3, 0.4) is 0 Å². The smallest absolute Gasteiger partial charge is 0.233 e. The number of carbonyl (C=O) groups excluding carboxylic acids is 1. The molecule has 0 bridgehead atoms. The maximum absolute atomic E-state index is 11.8. The van der Waals surface area contributed by atoms with E-state index >= 15 is 0 Å². The molecule has 1 aromatic rings. The Labute approximate surface area is 104 Å². The molecule has 1 heterocycles. The van der Waals surface area contributed by atoms with Gasteiger partial charge in [-0.25, -0.2) is 4.98 Å². The second-order valence-electron chi connectivity index (χ2n) is 4.10. The summed E-state index contributed by atoms with van der Waals surface area (Å²) in [6.45, 7) is 3.67. The van der Waals surface area contributed by atoms with E-state index in [0.717, 1.165) is 5.69 Å². The van der Waals surface area contributed by atoms with Crippen molar-refractivity contribution in [3.8, 4) is 0 Å². The number of amides is 1. The van der Waals surface area contributed by atoms with E-state index < -0.39 is 5.41 Å². The maximum atomic E-state index is 11.8. The van der Waals surface area contributed by atoms with E-state index in [9.17, 15) is 4.79 Å². The van der Waals surface area contributed by atoms with Crippen LogP contribution in [0.4, 0.5) is 0 Å². The van der Waals surface area contributed by atoms with E-state index in [4.69, 9.17) is 10.9 Å². The molecule has 1 aromatic heterocycles. The number of oxime groups is 1. The molecule has 94 valence electrons. The highest BCUT2D eigenvalue weighted by molar-refractivity contribution is 7.07. The van der Waals surface area contributed by atoms with E-state index in [1.165, 1.54) is 11.3 Å². The molecule has 0 aliphatic heterocycles. The molecule has 0 spiro atoms. The van der Waals surface area contributed by atoms with E-state index in [2.05, 4.69) is 15.5 Å². The monoisotopic (exact) mass is 256 g/mol. The SMILES string of the molecule is CC(C)(C(=O)NCCc1cscn1)/C(N)=N/O. The summed E-state index contributed by atoms with van der Waals surface area (Å²) in [5, 5.41) is 16.1. The highest BCUT2D eigenvalue weighted by Crippen LogP contribution is 2.15. The Balaban J connectivity index is 2.44. The van der Waals surface area contributed by atoms with Crippen LogP contribution < -0.4 is 11.1 Å². The van der Waals surface area contributed by atoms with Crippen molar-refractivity contribution in [1.82, 2.24) is 10.3 Å². The van der Waals surface area contributed by atoms with Gasteiger partial charge in [-0.2, -0.15) is 0 Å². The second-order valence-corrected chi connectivity index (χ2v) is 4.81. The number of rotatable bonds is 5. The standard InChI is InChI=1S/C10H16N4O2S/c1-10(2,8(11)14-16)9(15)12-4-3-7-5-17-6-13-7/h5-6,16H,3-4H2,1-2H3,(H2,11,14)(H,12,15). The van der Waals surface area contributed by atoms with Crippen LogP contribution in [0.15, 0.2) is 16.0 Å². The van der Waals surface area contributed by atoms with Crippen molar-refractivity contribution in [1.29, 1.82) is 0 Å². The summed E-state index contributed by atoms with van der Waals surface area (Å²) in [5.74, 6) is -0.383. The van der Waals surface area contributed by atoms with Crippen LogP contribution in [0.2, 0.25) is 0 Å². The van der Waals surface area contributed by atoms with Gasteiger partial charge in [0.25, 0.3) is 0 Å². The molecule has 0 fully saturated rings. The van der Waals surface area contributed by atoms with Gasteiger partial charge in [-0.1, -0.05) is 5.16 Å². The number of nitrogens with one attached hydrogen (secondary N) is 1. The third-order valence-electron chi connectivity index (χ3n) is 2.47. The van der Waals surface area contributed by atoms with Crippen LogP contribution in [0.5, 0.6) is 0 Å². The average Bonchev–Trinajstić information content (AvgIpc) is 2.80. The lowest BCUT2D eigenvalue weighted by Gasteiger charge is -2.21. The van der Waals surface area contributed by atoms with Gasteiger partial charge in [0, 0.05) is 18.3 Å². The number of amidine groups is 1. The molecule has 17 heavy (non-hydrogen) atoms. The Morgan fingerprint density at radius 2 is 2.41 bits per heavy atom. The Morgan fingerprint density at radius 3 is 2.94 bits per heavy atom. The number of hydrogen-bond donors (Lipinski definition) is 3. The summed E-state index contributed by atoms with van der Waals surface area (Å²) in [6, 6.07) is 0. The Morgan fingerprint density at radius 1 is 1.71 bits per heavy atom. The van der Waals surface area contributed by atoms with Gasteiger partial charge in [0.2, 0.25) is 5.91 Å². The van der Waals surface area contributed by atoms with Crippen molar-refractivity contribution in [2.75, 3.05) is 6.54 Å². The van der Waals surface area contributed by atoms with E-state index in [0.29, 0.717) is 13.0 Å². The molecule has 0 radical (unpaired) electrons. The molecule has 0 unspecified atom stereocenters. The van der Waals surface area contributed by atoms with Gasteiger partial charge in [0.15, 0.2) is 5.84 Å². The van der Waals surface area contributed by atoms with E-state index in [1.54, 1.807) is 19.4 Å². The minimum atomic E-state index is -1.02. The fourth-order valence-corrected chi connectivity index (χ4v) is 1.72. The molecule has 0 saturated heterocycles. The first kappa shape index (κ1) is 13.4. The van der Waals surface area contributed by atoms with Crippen molar-refractivity contribution in [2.24, 2.45) is 16.3 Å². The fourth-order valence-electron chi connectivity index (χ4n) is 1.13. The van der Waals surface area contributed by atoms with Gasteiger partial charge < -0.3 is 16.3 Å². The molecular formula is C10H16N4O2S. The molecular weight excluding hydrogens is 240 g/mol. The van der Waals surface area contributed by atoms with Crippen LogP contribution in [0, 0.1) is 5.41 Å². The van der Waals surface area contributed by atoms with Crippen molar-refractivity contribution >= 4 is 23.1 Å². The van der Waals surface area contributed by atoms with Gasteiger partial charge >= 0.3 is 0 Å². The lowest BCUT2D eigenvalue weighted by molar-refractivity contribution is -0.126. The predicted octanol–water partition coefficient (Wildman–Crippen LogP) is 0.574. The zero-order chi connectivity index (χ0) is 12.9. The van der Waals surface area contributed by atoms with Gasteiger partial charge in [-0.05, 0) is 13.8 Å². The lowest BCUT2D eigenvalue weighted by atomic mass is 9.91. The van der Waals surface area contributed by atoms with Crippen LogP contribution in [-0.4, -0.2) is 28.5 Å². The summed E-state index contributed by atoms with van der Waals surface area (Å²) < 4.78 is 0. The van der Waals surface area contributed by atoms with Gasteiger partial charge in [-0.3, -0.25) is 4.79 Å². The average molecular weight is 256 g/mol. The Hall–Kier alpha value is -1.63. The summed E-state index contributed by atoms with van der Waals surface area (Å²) >= 11 is 1.52. The first-order chi connectivity index (χ1) is 7.98. The zero-order valence-corrected chi connectivity index (χ0v) is 10.6. The summed E-state index contributed by atoms with van der Waals surface area (Å²) in [7, 11) is 0. The predicted molar refractivity (Wildman–Crippen MR) is 66.0 cm³/mol. The van der Waals surface area contributed by atoms with Gasteiger partial charge in [0.05, 0.1) is 11.2 Å². The highest BCUT2D eigenvalue weighted by atomic mass is 32.1. The molecule has 4 N–H and O–H groups in total. The van der Waals surface area contributed by atoms with Gasteiger partial charge in [0.1, 0.15) is 5.41 Å². The normalized spacial score (nSPS) is 12.5. The third kappa shape index (κ3) is 3.42. The minimum Gasteiger partial charge on any atom is -0.409 e. The molecule has 0 atom stereocenters.